The van der Waals surface area contributed by atoms with Gasteiger partial charge in [-0.15, -0.1) is 0 Å². The van der Waals surface area contributed by atoms with Crippen LogP contribution in [0.25, 0.3) is 22.1 Å². The molecular weight excluding hydrogens is 350 g/mol. The van der Waals surface area contributed by atoms with Gasteiger partial charge < -0.3 is 9.52 Å². The van der Waals surface area contributed by atoms with Crippen LogP contribution in [0.1, 0.15) is 22.3 Å². The van der Waals surface area contributed by atoms with E-state index in [9.17, 15) is 9.90 Å². The van der Waals surface area contributed by atoms with E-state index in [1.54, 1.807) is 18.3 Å². The van der Waals surface area contributed by atoms with Crippen molar-refractivity contribution in [1.29, 1.82) is 0 Å². The lowest BCUT2D eigenvalue weighted by molar-refractivity contribution is 0.472. The third-order valence-electron chi connectivity index (χ3n) is 5.25. The molecule has 0 saturated heterocycles. The van der Waals surface area contributed by atoms with Crippen LogP contribution >= 0.6 is 0 Å². The molecule has 0 fully saturated rings. The number of nitrogens with zero attached hydrogens (tertiary/aromatic N) is 1. The van der Waals surface area contributed by atoms with Crippen molar-refractivity contribution in [2.45, 2.75) is 13.3 Å². The number of hydrogen-bond donors (Lipinski definition) is 1. The molecule has 0 saturated carbocycles. The minimum absolute atomic E-state index is 0.0264. The standard InChI is InChI=1S/C24H17NO3/c1-14-10-23(27)28-24-18(14)8-9-22(26)21(24)13-25-17-6-7-20-16(12-17)11-15-4-2-3-5-19(15)20/h2-10,12-13,26H,11H2,1H3. The molecule has 0 bridgehead atoms. The van der Waals surface area contributed by atoms with E-state index in [2.05, 4.69) is 41.4 Å². The maximum Gasteiger partial charge on any atom is 0.336 e. The first-order valence-electron chi connectivity index (χ1n) is 9.12. The van der Waals surface area contributed by atoms with Crippen LogP contribution in [0.5, 0.6) is 5.75 Å². The molecule has 0 unspecified atom stereocenters. The number of benzene rings is 3. The van der Waals surface area contributed by atoms with Crippen LogP contribution in [0.2, 0.25) is 0 Å². The molecule has 0 radical (unpaired) electrons. The van der Waals surface area contributed by atoms with Gasteiger partial charge in [0.15, 0.2) is 5.58 Å². The number of aliphatic imine (C=N–C) groups is 1. The van der Waals surface area contributed by atoms with Crippen molar-refractivity contribution in [1.82, 2.24) is 0 Å². The first kappa shape index (κ1) is 16.5. The first-order chi connectivity index (χ1) is 13.6. The van der Waals surface area contributed by atoms with Crippen molar-refractivity contribution in [3.8, 4) is 16.9 Å². The van der Waals surface area contributed by atoms with Crippen LogP contribution in [-0.4, -0.2) is 11.3 Å². The number of aromatic hydroxyl groups is 1. The topological polar surface area (TPSA) is 62.8 Å². The van der Waals surface area contributed by atoms with Crippen molar-refractivity contribution < 1.29 is 9.52 Å². The monoisotopic (exact) mass is 367 g/mol. The Labute approximate surface area is 161 Å². The maximum absolute atomic E-state index is 11.8. The van der Waals surface area contributed by atoms with Crippen molar-refractivity contribution in [2.24, 2.45) is 4.99 Å². The second kappa shape index (κ2) is 6.20. The van der Waals surface area contributed by atoms with E-state index in [0.29, 0.717) is 11.1 Å². The predicted molar refractivity (Wildman–Crippen MR) is 111 cm³/mol. The van der Waals surface area contributed by atoms with Crippen molar-refractivity contribution >= 4 is 22.9 Å². The fourth-order valence-electron chi connectivity index (χ4n) is 3.87. The lowest BCUT2D eigenvalue weighted by Gasteiger charge is -2.06. The van der Waals surface area contributed by atoms with E-state index in [1.807, 2.05) is 13.0 Å². The average Bonchev–Trinajstić information content (AvgIpc) is 3.04. The summed E-state index contributed by atoms with van der Waals surface area (Å²) in [5, 5.41) is 11.1. The minimum Gasteiger partial charge on any atom is -0.507 e. The van der Waals surface area contributed by atoms with Crippen LogP contribution in [-0.2, 0) is 6.42 Å². The highest BCUT2D eigenvalue weighted by Crippen LogP contribution is 2.38. The quantitative estimate of drug-likeness (QED) is 0.347. The van der Waals surface area contributed by atoms with Crippen LogP contribution < -0.4 is 5.63 Å². The SMILES string of the molecule is Cc1cc(=O)oc2c(C=Nc3ccc4c(c3)Cc3ccccc3-4)c(O)ccc12. The molecule has 1 heterocycles. The molecule has 0 atom stereocenters. The average molecular weight is 367 g/mol. The second-order valence-electron chi connectivity index (χ2n) is 7.06. The second-order valence-corrected chi connectivity index (χ2v) is 7.06. The molecule has 4 aromatic rings. The van der Waals surface area contributed by atoms with Crippen molar-refractivity contribution in [2.75, 3.05) is 0 Å². The van der Waals surface area contributed by atoms with Gasteiger partial charge in [-0.2, -0.15) is 0 Å². The molecule has 1 aromatic heterocycles. The zero-order valence-corrected chi connectivity index (χ0v) is 15.3. The van der Waals surface area contributed by atoms with E-state index in [1.165, 1.54) is 28.3 Å². The molecule has 136 valence electrons. The predicted octanol–water partition coefficient (Wildman–Crippen LogP) is 5.13. The van der Waals surface area contributed by atoms with Gasteiger partial charge in [0, 0.05) is 17.7 Å². The third kappa shape index (κ3) is 2.62. The van der Waals surface area contributed by atoms with E-state index >= 15 is 0 Å². The van der Waals surface area contributed by atoms with Crippen LogP contribution in [0.15, 0.2) is 74.9 Å². The Kier molecular flexibility index (Phi) is 3.66. The van der Waals surface area contributed by atoms with Gasteiger partial charge in [0.05, 0.1) is 11.3 Å². The summed E-state index contributed by atoms with van der Waals surface area (Å²) in [6.45, 7) is 1.84. The highest BCUT2D eigenvalue weighted by Gasteiger charge is 2.17. The molecule has 5 rings (SSSR count). The molecule has 0 spiro atoms. The summed E-state index contributed by atoms with van der Waals surface area (Å²) >= 11 is 0. The van der Waals surface area contributed by atoms with Crippen LogP contribution in [0.3, 0.4) is 0 Å². The van der Waals surface area contributed by atoms with Gasteiger partial charge in [-0.3, -0.25) is 4.99 Å². The largest absolute Gasteiger partial charge is 0.507 e. The van der Waals surface area contributed by atoms with Crippen LogP contribution in [0.4, 0.5) is 5.69 Å². The minimum atomic E-state index is -0.444. The van der Waals surface area contributed by atoms with E-state index < -0.39 is 5.63 Å². The summed E-state index contributed by atoms with van der Waals surface area (Å²) in [5.41, 5.74) is 6.98. The Morgan fingerprint density at radius 2 is 1.82 bits per heavy atom. The van der Waals surface area contributed by atoms with E-state index in [4.69, 9.17) is 4.42 Å². The molecule has 28 heavy (non-hydrogen) atoms. The smallest absolute Gasteiger partial charge is 0.336 e. The maximum atomic E-state index is 11.8. The molecule has 0 aliphatic heterocycles. The Hall–Kier alpha value is -3.66. The van der Waals surface area contributed by atoms with E-state index in [0.717, 1.165) is 23.1 Å². The summed E-state index contributed by atoms with van der Waals surface area (Å²) in [5.74, 6) is 0.0264. The Morgan fingerprint density at radius 1 is 1.00 bits per heavy atom. The molecule has 1 aliphatic carbocycles. The molecule has 1 N–H and O–H groups in total. The number of phenols is 1. The van der Waals surface area contributed by atoms with Gasteiger partial charge in [-0.25, -0.2) is 4.79 Å². The van der Waals surface area contributed by atoms with Gasteiger partial charge in [0.25, 0.3) is 0 Å². The summed E-state index contributed by atoms with van der Waals surface area (Å²) in [6.07, 6.45) is 2.45. The summed E-state index contributed by atoms with van der Waals surface area (Å²) in [4.78, 5) is 16.3. The number of fused-ring (bicyclic) bond motifs is 4. The van der Waals surface area contributed by atoms with E-state index in [-0.39, 0.29) is 5.75 Å². The highest BCUT2D eigenvalue weighted by atomic mass is 16.4. The Morgan fingerprint density at radius 3 is 2.71 bits per heavy atom. The number of aryl methyl sites for hydroxylation is 1. The first-order valence-corrected chi connectivity index (χ1v) is 9.12. The highest BCUT2D eigenvalue weighted by molar-refractivity contribution is 6.00. The molecule has 3 aromatic carbocycles. The zero-order chi connectivity index (χ0) is 19.3. The van der Waals surface area contributed by atoms with Gasteiger partial charge in [-0.1, -0.05) is 30.3 Å². The zero-order valence-electron chi connectivity index (χ0n) is 15.3. The summed E-state index contributed by atoms with van der Waals surface area (Å²) < 4.78 is 5.35. The molecule has 0 amide bonds. The molecule has 1 aliphatic rings. The molecular formula is C24H17NO3. The van der Waals surface area contributed by atoms with Gasteiger partial charge in [-0.05, 0) is 65.4 Å². The third-order valence-corrected chi connectivity index (χ3v) is 5.25. The number of phenolic OH excluding ortho intramolecular Hbond substituents is 1. The van der Waals surface area contributed by atoms with Gasteiger partial charge >= 0.3 is 5.63 Å². The molecule has 4 nitrogen and oxygen atoms in total. The fraction of sp³-hybridized carbons (Fsp3) is 0.0833. The number of hydrogen-bond acceptors (Lipinski definition) is 4. The van der Waals surface area contributed by atoms with Gasteiger partial charge in [0.1, 0.15) is 5.75 Å². The van der Waals surface area contributed by atoms with Gasteiger partial charge in [0.2, 0.25) is 0 Å². The fourth-order valence-corrected chi connectivity index (χ4v) is 3.87. The summed E-state index contributed by atoms with van der Waals surface area (Å²) in [7, 11) is 0. The number of rotatable bonds is 2. The Balaban J connectivity index is 1.57. The normalized spacial score (nSPS) is 12.5. The van der Waals surface area contributed by atoms with Crippen LogP contribution in [0, 0.1) is 6.92 Å². The Bertz CT molecular complexity index is 1330. The summed E-state index contributed by atoms with van der Waals surface area (Å²) in [6, 6.07) is 19.3. The lowest BCUT2D eigenvalue weighted by Crippen LogP contribution is -2.00. The van der Waals surface area contributed by atoms with Crippen molar-refractivity contribution in [3.63, 3.8) is 0 Å². The lowest BCUT2D eigenvalue weighted by atomic mass is 10.1. The molecule has 4 heteroatoms. The van der Waals surface area contributed by atoms with Crippen molar-refractivity contribution in [3.05, 3.63) is 93.3 Å².